The van der Waals surface area contributed by atoms with Crippen LogP contribution in [0.5, 0.6) is 0 Å². The third kappa shape index (κ3) is 4.62. The average molecular weight is 357 g/mol. The Labute approximate surface area is 155 Å². The highest BCUT2D eigenvalue weighted by atomic mass is 35.5. The van der Waals surface area contributed by atoms with Gasteiger partial charge in [-0.2, -0.15) is 0 Å². The predicted octanol–water partition coefficient (Wildman–Crippen LogP) is 4.31. The number of anilines is 1. The minimum Gasteiger partial charge on any atom is -0.308 e. The Kier molecular flexibility index (Phi) is 6.11. The van der Waals surface area contributed by atoms with E-state index in [1.165, 1.54) is 5.56 Å². The standard InChI is InChI=1S/C21H25ClN2O/c1-17(22)21(25)24(19-10-6-3-7-11-19)20-12-14-23(15-13-20)16-18-8-4-2-5-9-18/h2-11,17,20H,12-16H2,1H3. The molecular formula is C21H25ClN2O. The van der Waals surface area contributed by atoms with Crippen LogP contribution in [-0.2, 0) is 11.3 Å². The van der Waals surface area contributed by atoms with Crippen LogP contribution in [-0.4, -0.2) is 35.3 Å². The molecule has 0 aliphatic carbocycles. The second-order valence-electron chi connectivity index (χ2n) is 6.65. The van der Waals surface area contributed by atoms with Crippen LogP contribution in [0.2, 0.25) is 0 Å². The largest absolute Gasteiger partial charge is 0.308 e. The number of benzene rings is 2. The number of rotatable bonds is 5. The van der Waals surface area contributed by atoms with Crippen LogP contribution < -0.4 is 4.90 Å². The van der Waals surface area contributed by atoms with Crippen molar-refractivity contribution in [3.63, 3.8) is 0 Å². The monoisotopic (exact) mass is 356 g/mol. The van der Waals surface area contributed by atoms with E-state index < -0.39 is 5.38 Å². The van der Waals surface area contributed by atoms with E-state index in [1.807, 2.05) is 41.3 Å². The zero-order valence-electron chi connectivity index (χ0n) is 14.6. The van der Waals surface area contributed by atoms with Crippen molar-refractivity contribution in [3.8, 4) is 0 Å². The minimum atomic E-state index is -0.512. The van der Waals surface area contributed by atoms with Crippen LogP contribution in [0.15, 0.2) is 60.7 Å². The molecule has 1 unspecified atom stereocenters. The fraction of sp³-hybridized carbons (Fsp3) is 0.381. The van der Waals surface area contributed by atoms with Gasteiger partial charge in [-0.25, -0.2) is 0 Å². The Balaban J connectivity index is 1.67. The molecule has 3 nitrogen and oxygen atoms in total. The quantitative estimate of drug-likeness (QED) is 0.745. The van der Waals surface area contributed by atoms with Crippen LogP contribution in [0.1, 0.15) is 25.3 Å². The predicted molar refractivity (Wildman–Crippen MR) is 104 cm³/mol. The molecule has 0 N–H and O–H groups in total. The summed E-state index contributed by atoms with van der Waals surface area (Å²) in [5.74, 6) is -0.00521. The molecule has 0 bridgehead atoms. The number of amides is 1. The molecule has 1 heterocycles. The topological polar surface area (TPSA) is 23.6 Å². The number of carbonyl (C=O) groups is 1. The number of piperidine rings is 1. The van der Waals surface area contributed by atoms with Crippen LogP contribution >= 0.6 is 11.6 Å². The molecule has 4 heteroatoms. The lowest BCUT2D eigenvalue weighted by Crippen LogP contribution is -2.49. The van der Waals surface area contributed by atoms with E-state index in [0.29, 0.717) is 0 Å². The molecule has 1 amide bonds. The highest BCUT2D eigenvalue weighted by Gasteiger charge is 2.30. The molecule has 1 aliphatic rings. The van der Waals surface area contributed by atoms with Gasteiger partial charge in [-0.05, 0) is 37.5 Å². The van der Waals surface area contributed by atoms with E-state index in [4.69, 9.17) is 11.6 Å². The molecule has 2 aromatic carbocycles. The van der Waals surface area contributed by atoms with E-state index in [-0.39, 0.29) is 11.9 Å². The first-order valence-electron chi connectivity index (χ1n) is 8.93. The molecule has 132 valence electrons. The SMILES string of the molecule is CC(Cl)C(=O)N(c1ccccc1)C1CCN(Cc2ccccc2)CC1. The fourth-order valence-corrected chi connectivity index (χ4v) is 3.58. The zero-order chi connectivity index (χ0) is 17.6. The molecule has 25 heavy (non-hydrogen) atoms. The van der Waals surface area contributed by atoms with E-state index in [1.54, 1.807) is 6.92 Å². The van der Waals surface area contributed by atoms with Gasteiger partial charge in [0, 0.05) is 31.4 Å². The molecule has 3 rings (SSSR count). The molecule has 1 atom stereocenters. The number of carbonyl (C=O) groups excluding carboxylic acids is 1. The summed E-state index contributed by atoms with van der Waals surface area (Å²) in [5, 5.41) is -0.512. The number of halogens is 1. The summed E-state index contributed by atoms with van der Waals surface area (Å²) in [4.78, 5) is 17.1. The van der Waals surface area contributed by atoms with Crippen LogP contribution in [0, 0.1) is 0 Å². The number of likely N-dealkylation sites (tertiary alicyclic amines) is 1. The maximum Gasteiger partial charge on any atom is 0.245 e. The van der Waals surface area contributed by atoms with Crippen molar-refractivity contribution in [2.45, 2.75) is 37.7 Å². The van der Waals surface area contributed by atoms with Gasteiger partial charge in [0.1, 0.15) is 5.38 Å². The van der Waals surface area contributed by atoms with Gasteiger partial charge in [-0.15, -0.1) is 11.6 Å². The normalized spacial score (nSPS) is 17.2. The molecular weight excluding hydrogens is 332 g/mol. The van der Waals surface area contributed by atoms with Crippen molar-refractivity contribution < 1.29 is 4.79 Å². The summed E-state index contributed by atoms with van der Waals surface area (Å²) < 4.78 is 0. The van der Waals surface area contributed by atoms with E-state index >= 15 is 0 Å². The Bertz CT molecular complexity index is 667. The highest BCUT2D eigenvalue weighted by molar-refractivity contribution is 6.32. The molecule has 1 aliphatic heterocycles. The zero-order valence-corrected chi connectivity index (χ0v) is 15.4. The van der Waals surface area contributed by atoms with Gasteiger partial charge in [0.05, 0.1) is 0 Å². The lowest BCUT2D eigenvalue weighted by atomic mass is 10.0. The molecule has 0 aromatic heterocycles. The number of hydrogen-bond acceptors (Lipinski definition) is 2. The number of alkyl halides is 1. The van der Waals surface area contributed by atoms with Gasteiger partial charge in [0.2, 0.25) is 5.91 Å². The van der Waals surface area contributed by atoms with E-state index in [2.05, 4.69) is 29.2 Å². The van der Waals surface area contributed by atoms with E-state index in [9.17, 15) is 4.79 Å². The molecule has 0 spiro atoms. The van der Waals surface area contributed by atoms with Gasteiger partial charge in [-0.1, -0.05) is 48.5 Å². The first-order chi connectivity index (χ1) is 12.1. The Morgan fingerprint density at radius 2 is 1.64 bits per heavy atom. The number of hydrogen-bond donors (Lipinski definition) is 0. The van der Waals surface area contributed by atoms with Crippen molar-refractivity contribution in [1.29, 1.82) is 0 Å². The minimum absolute atomic E-state index is 0.00521. The maximum atomic E-state index is 12.7. The third-order valence-corrected chi connectivity index (χ3v) is 4.97. The summed E-state index contributed by atoms with van der Waals surface area (Å²) in [7, 11) is 0. The molecule has 1 fully saturated rings. The smallest absolute Gasteiger partial charge is 0.245 e. The lowest BCUT2D eigenvalue weighted by molar-refractivity contribution is -0.118. The first-order valence-corrected chi connectivity index (χ1v) is 9.37. The Morgan fingerprint density at radius 1 is 1.08 bits per heavy atom. The summed E-state index contributed by atoms with van der Waals surface area (Å²) in [6.45, 7) is 4.71. The van der Waals surface area contributed by atoms with Crippen molar-refractivity contribution in [3.05, 3.63) is 66.2 Å². The van der Waals surface area contributed by atoms with Crippen LogP contribution in [0.4, 0.5) is 5.69 Å². The Hall–Kier alpha value is -1.84. The molecule has 1 saturated heterocycles. The van der Waals surface area contributed by atoms with Gasteiger partial charge in [-0.3, -0.25) is 9.69 Å². The summed E-state index contributed by atoms with van der Waals surface area (Å²) in [6.07, 6.45) is 1.94. The summed E-state index contributed by atoms with van der Waals surface area (Å²) >= 11 is 6.13. The van der Waals surface area contributed by atoms with Crippen LogP contribution in [0.25, 0.3) is 0 Å². The Morgan fingerprint density at radius 3 is 2.20 bits per heavy atom. The van der Waals surface area contributed by atoms with Crippen molar-refractivity contribution in [1.82, 2.24) is 4.90 Å². The summed E-state index contributed by atoms with van der Waals surface area (Å²) in [6, 6.07) is 20.7. The van der Waals surface area contributed by atoms with Gasteiger partial charge in [0.15, 0.2) is 0 Å². The van der Waals surface area contributed by atoms with Gasteiger partial charge < -0.3 is 4.90 Å². The molecule has 0 radical (unpaired) electrons. The molecule has 0 saturated carbocycles. The number of nitrogens with zero attached hydrogens (tertiary/aromatic N) is 2. The average Bonchev–Trinajstić information content (AvgIpc) is 2.65. The van der Waals surface area contributed by atoms with Crippen molar-refractivity contribution >= 4 is 23.2 Å². The van der Waals surface area contributed by atoms with E-state index in [0.717, 1.165) is 38.2 Å². The first kappa shape index (κ1) is 18.0. The number of para-hydroxylation sites is 1. The van der Waals surface area contributed by atoms with Crippen LogP contribution in [0.3, 0.4) is 0 Å². The maximum absolute atomic E-state index is 12.7. The summed E-state index contributed by atoms with van der Waals surface area (Å²) in [5.41, 5.74) is 2.29. The second kappa shape index (κ2) is 8.50. The fourth-order valence-electron chi connectivity index (χ4n) is 3.48. The molecule has 2 aromatic rings. The lowest BCUT2D eigenvalue weighted by Gasteiger charge is -2.39. The van der Waals surface area contributed by atoms with Gasteiger partial charge >= 0.3 is 0 Å². The second-order valence-corrected chi connectivity index (χ2v) is 7.31. The van der Waals surface area contributed by atoms with Crippen molar-refractivity contribution in [2.75, 3.05) is 18.0 Å². The van der Waals surface area contributed by atoms with Gasteiger partial charge in [0.25, 0.3) is 0 Å². The highest BCUT2D eigenvalue weighted by Crippen LogP contribution is 2.26. The third-order valence-electron chi connectivity index (χ3n) is 4.78. The van der Waals surface area contributed by atoms with Crippen molar-refractivity contribution in [2.24, 2.45) is 0 Å².